The van der Waals surface area contributed by atoms with Gasteiger partial charge in [-0.25, -0.2) is 4.68 Å². The van der Waals surface area contributed by atoms with Gasteiger partial charge in [0.2, 0.25) is 5.88 Å². The fraction of sp³-hybridized carbons (Fsp3) is 0.273. The van der Waals surface area contributed by atoms with Crippen LogP contribution in [-0.4, -0.2) is 22.7 Å². The third kappa shape index (κ3) is 2.23. The first-order valence-corrected chi connectivity index (χ1v) is 5.67. The van der Waals surface area contributed by atoms with Crippen molar-refractivity contribution >= 4 is 39.9 Å². The van der Waals surface area contributed by atoms with Crippen molar-refractivity contribution in [2.24, 2.45) is 0 Å². The summed E-state index contributed by atoms with van der Waals surface area (Å²) >= 11 is 12.0. The molecule has 2 aromatic rings. The first-order chi connectivity index (χ1) is 8.02. The van der Waals surface area contributed by atoms with E-state index in [-0.39, 0.29) is 12.3 Å². The van der Waals surface area contributed by atoms with Crippen molar-refractivity contribution in [2.45, 2.75) is 13.5 Å². The number of hydrogen-bond acceptors (Lipinski definition) is 3. The largest absolute Gasteiger partial charge is 0.481 e. The fourth-order valence-corrected chi connectivity index (χ4v) is 2.24. The van der Waals surface area contributed by atoms with Crippen LogP contribution >= 0.6 is 23.2 Å². The Labute approximate surface area is 108 Å². The lowest BCUT2D eigenvalue weighted by Gasteiger charge is -2.04. The molecule has 17 heavy (non-hydrogen) atoms. The number of benzene rings is 1. The summed E-state index contributed by atoms with van der Waals surface area (Å²) in [5.74, 6) is 0.454. The molecule has 0 aliphatic heterocycles. The Bertz CT molecular complexity index is 593. The average Bonchev–Trinajstić information content (AvgIpc) is 2.53. The van der Waals surface area contributed by atoms with Gasteiger partial charge in [0.05, 0.1) is 23.0 Å². The molecule has 1 heterocycles. The molecule has 0 radical (unpaired) electrons. The van der Waals surface area contributed by atoms with Gasteiger partial charge in [-0.05, 0) is 19.1 Å². The number of carbonyl (C=O) groups is 1. The molecule has 2 rings (SSSR count). The topological polar surface area (TPSA) is 44.1 Å². The zero-order valence-electron chi connectivity index (χ0n) is 9.33. The molecule has 0 N–H and O–H groups in total. The number of halogens is 2. The average molecular weight is 273 g/mol. The molecule has 0 bridgehead atoms. The van der Waals surface area contributed by atoms with Crippen LogP contribution in [-0.2, 0) is 11.3 Å². The summed E-state index contributed by atoms with van der Waals surface area (Å²) in [7, 11) is 1.51. The van der Waals surface area contributed by atoms with E-state index in [4.69, 9.17) is 27.9 Å². The van der Waals surface area contributed by atoms with Gasteiger partial charge in [-0.1, -0.05) is 23.2 Å². The molecule has 90 valence electrons. The third-order valence-electron chi connectivity index (χ3n) is 2.28. The SMILES string of the molecule is COc1c2c(Cl)cc(Cl)cc2nn1CC(C)=O. The van der Waals surface area contributed by atoms with Gasteiger partial charge >= 0.3 is 0 Å². The summed E-state index contributed by atoms with van der Waals surface area (Å²) in [6, 6.07) is 3.30. The second-order valence-corrected chi connectivity index (χ2v) is 4.49. The van der Waals surface area contributed by atoms with Gasteiger partial charge in [0.25, 0.3) is 0 Å². The van der Waals surface area contributed by atoms with Crippen molar-refractivity contribution in [3.8, 4) is 5.88 Å². The van der Waals surface area contributed by atoms with Gasteiger partial charge in [0, 0.05) is 5.02 Å². The first-order valence-electron chi connectivity index (χ1n) is 4.92. The molecule has 0 aliphatic carbocycles. The molecule has 0 fully saturated rings. The summed E-state index contributed by atoms with van der Waals surface area (Å²) in [6.45, 7) is 1.63. The van der Waals surface area contributed by atoms with Gasteiger partial charge in [-0.15, -0.1) is 0 Å². The molecule has 1 aromatic heterocycles. The molecule has 0 saturated heterocycles. The number of fused-ring (bicyclic) bond motifs is 1. The van der Waals surface area contributed by atoms with Gasteiger partial charge in [0.1, 0.15) is 6.54 Å². The lowest BCUT2D eigenvalue weighted by atomic mass is 10.2. The molecular formula is C11H10Cl2N2O2. The van der Waals surface area contributed by atoms with Gasteiger partial charge < -0.3 is 4.74 Å². The van der Waals surface area contributed by atoms with E-state index in [1.807, 2.05) is 0 Å². The van der Waals surface area contributed by atoms with Crippen LogP contribution in [0.15, 0.2) is 12.1 Å². The summed E-state index contributed by atoms with van der Waals surface area (Å²) in [4.78, 5) is 11.1. The molecule has 0 unspecified atom stereocenters. The second kappa shape index (κ2) is 4.55. The molecule has 1 aromatic carbocycles. The van der Waals surface area contributed by atoms with Crippen molar-refractivity contribution in [3.63, 3.8) is 0 Å². The van der Waals surface area contributed by atoms with Crippen LogP contribution in [0.2, 0.25) is 10.0 Å². The fourth-order valence-electron chi connectivity index (χ4n) is 1.68. The lowest BCUT2D eigenvalue weighted by molar-refractivity contribution is -0.117. The minimum atomic E-state index is -0.0154. The Hall–Kier alpha value is -1.26. The van der Waals surface area contributed by atoms with Gasteiger partial charge in [0.15, 0.2) is 5.78 Å². The molecule has 0 amide bonds. The Morgan fingerprint density at radius 1 is 1.47 bits per heavy atom. The predicted molar refractivity (Wildman–Crippen MR) is 67.0 cm³/mol. The number of nitrogens with zero attached hydrogens (tertiary/aromatic N) is 2. The van der Waals surface area contributed by atoms with E-state index in [9.17, 15) is 4.79 Å². The van der Waals surface area contributed by atoms with Crippen molar-refractivity contribution in [1.29, 1.82) is 0 Å². The predicted octanol–water partition coefficient (Wildman–Crippen LogP) is 2.94. The Balaban J connectivity index is 2.70. The van der Waals surface area contributed by atoms with E-state index >= 15 is 0 Å². The minimum absolute atomic E-state index is 0.0154. The van der Waals surface area contributed by atoms with E-state index in [0.717, 1.165) is 0 Å². The smallest absolute Gasteiger partial charge is 0.221 e. The number of Topliss-reactive ketones (excluding diaryl/α,β-unsaturated/α-hetero) is 1. The maximum Gasteiger partial charge on any atom is 0.221 e. The zero-order chi connectivity index (χ0) is 12.6. The quantitative estimate of drug-likeness (QED) is 0.863. The molecule has 0 aliphatic rings. The number of rotatable bonds is 3. The highest BCUT2D eigenvalue weighted by molar-refractivity contribution is 6.39. The van der Waals surface area contributed by atoms with E-state index in [2.05, 4.69) is 5.10 Å². The van der Waals surface area contributed by atoms with Crippen LogP contribution in [0.25, 0.3) is 10.9 Å². The maximum atomic E-state index is 11.1. The minimum Gasteiger partial charge on any atom is -0.481 e. The van der Waals surface area contributed by atoms with E-state index in [1.165, 1.54) is 18.7 Å². The van der Waals surface area contributed by atoms with Gasteiger partial charge in [-0.2, -0.15) is 5.10 Å². The summed E-state index contributed by atoms with van der Waals surface area (Å²) in [6.07, 6.45) is 0. The second-order valence-electron chi connectivity index (χ2n) is 3.65. The summed E-state index contributed by atoms with van der Waals surface area (Å²) in [5, 5.41) is 5.87. The lowest BCUT2D eigenvalue weighted by Crippen LogP contribution is -2.09. The monoisotopic (exact) mass is 272 g/mol. The highest BCUT2D eigenvalue weighted by Crippen LogP contribution is 2.34. The molecule has 6 heteroatoms. The third-order valence-corrected chi connectivity index (χ3v) is 2.79. The van der Waals surface area contributed by atoms with Crippen LogP contribution < -0.4 is 4.74 Å². The molecular weight excluding hydrogens is 263 g/mol. The molecule has 0 saturated carbocycles. The number of hydrogen-bond donors (Lipinski definition) is 0. The van der Waals surface area contributed by atoms with Crippen LogP contribution in [0.3, 0.4) is 0 Å². The zero-order valence-corrected chi connectivity index (χ0v) is 10.8. The van der Waals surface area contributed by atoms with Crippen molar-refractivity contribution in [1.82, 2.24) is 9.78 Å². The Morgan fingerprint density at radius 3 is 2.76 bits per heavy atom. The number of aromatic nitrogens is 2. The van der Waals surface area contributed by atoms with Crippen molar-refractivity contribution < 1.29 is 9.53 Å². The Kier molecular flexibility index (Phi) is 3.26. The van der Waals surface area contributed by atoms with Crippen LogP contribution in [0.5, 0.6) is 5.88 Å². The number of methoxy groups -OCH3 is 1. The maximum absolute atomic E-state index is 11.1. The molecule has 0 spiro atoms. The number of ether oxygens (including phenoxy) is 1. The van der Waals surface area contributed by atoms with Gasteiger partial charge in [-0.3, -0.25) is 4.79 Å². The first kappa shape index (κ1) is 12.2. The molecule has 4 nitrogen and oxygen atoms in total. The highest BCUT2D eigenvalue weighted by atomic mass is 35.5. The summed E-state index contributed by atoms with van der Waals surface area (Å²) in [5.41, 5.74) is 0.612. The number of ketones is 1. The van der Waals surface area contributed by atoms with E-state index in [0.29, 0.717) is 26.8 Å². The van der Waals surface area contributed by atoms with E-state index in [1.54, 1.807) is 12.1 Å². The Morgan fingerprint density at radius 2 is 2.18 bits per heavy atom. The van der Waals surface area contributed by atoms with Crippen molar-refractivity contribution in [3.05, 3.63) is 22.2 Å². The highest BCUT2D eigenvalue weighted by Gasteiger charge is 2.16. The van der Waals surface area contributed by atoms with E-state index < -0.39 is 0 Å². The normalized spacial score (nSPS) is 10.8. The standard InChI is InChI=1S/C11H10Cl2N2O2/c1-6(16)5-15-11(17-2)10-8(13)3-7(12)4-9(10)14-15/h3-4H,5H2,1-2H3. The summed E-state index contributed by atoms with van der Waals surface area (Å²) < 4.78 is 6.72. The van der Waals surface area contributed by atoms with Crippen LogP contribution in [0.1, 0.15) is 6.92 Å². The molecule has 0 atom stereocenters. The van der Waals surface area contributed by atoms with Crippen molar-refractivity contribution in [2.75, 3.05) is 7.11 Å². The van der Waals surface area contributed by atoms with Crippen LogP contribution in [0, 0.1) is 0 Å². The van der Waals surface area contributed by atoms with Crippen LogP contribution in [0.4, 0.5) is 0 Å². The number of carbonyl (C=O) groups excluding carboxylic acids is 1.